The first-order valence-corrected chi connectivity index (χ1v) is 7.74. The number of aromatic nitrogens is 5. The summed E-state index contributed by atoms with van der Waals surface area (Å²) in [5, 5.41) is 11.4. The van der Waals surface area contributed by atoms with Crippen LogP contribution >= 0.6 is 0 Å². The molecule has 3 aromatic heterocycles. The number of nitrogens with one attached hydrogen (secondary N) is 1. The predicted molar refractivity (Wildman–Crippen MR) is 92.6 cm³/mol. The molecular formula is C17H19N7. The molecule has 0 aromatic carbocycles. The highest BCUT2D eigenvalue weighted by Crippen LogP contribution is 2.10. The quantitative estimate of drug-likeness (QED) is 0.712. The highest BCUT2D eigenvalue weighted by atomic mass is 15.3. The van der Waals surface area contributed by atoms with E-state index >= 15 is 0 Å². The molecule has 0 bridgehead atoms. The molecule has 24 heavy (non-hydrogen) atoms. The van der Waals surface area contributed by atoms with Crippen molar-refractivity contribution < 1.29 is 0 Å². The predicted octanol–water partition coefficient (Wildman–Crippen LogP) is 1.95. The van der Waals surface area contributed by atoms with E-state index in [0.717, 1.165) is 18.5 Å². The van der Waals surface area contributed by atoms with E-state index in [0.29, 0.717) is 18.3 Å². The van der Waals surface area contributed by atoms with Gasteiger partial charge in [-0.25, -0.2) is 0 Å². The fraction of sp³-hybridized carbons (Fsp3) is 0.235. The van der Waals surface area contributed by atoms with Gasteiger partial charge >= 0.3 is 0 Å². The Morgan fingerprint density at radius 3 is 2.33 bits per heavy atom. The van der Waals surface area contributed by atoms with Crippen LogP contribution in [0, 0.1) is 0 Å². The summed E-state index contributed by atoms with van der Waals surface area (Å²) in [5.74, 6) is 1.30. The lowest BCUT2D eigenvalue weighted by atomic mass is 10.2. The Bertz CT molecular complexity index is 749. The van der Waals surface area contributed by atoms with Gasteiger partial charge < -0.3 is 10.2 Å². The Morgan fingerprint density at radius 2 is 1.62 bits per heavy atom. The molecule has 3 rings (SSSR count). The molecule has 0 aliphatic heterocycles. The molecule has 0 spiro atoms. The zero-order chi connectivity index (χ0) is 16.6. The second-order valence-corrected chi connectivity index (χ2v) is 5.38. The molecule has 122 valence electrons. The van der Waals surface area contributed by atoms with Crippen LogP contribution in [0.25, 0.3) is 0 Å². The van der Waals surface area contributed by atoms with Gasteiger partial charge in [0, 0.05) is 44.9 Å². The van der Waals surface area contributed by atoms with Crippen molar-refractivity contribution in [2.75, 3.05) is 23.8 Å². The van der Waals surface area contributed by atoms with Crippen LogP contribution in [0.15, 0.2) is 55.2 Å². The minimum atomic E-state index is 0.601. The smallest absolute Gasteiger partial charge is 0.247 e. The van der Waals surface area contributed by atoms with E-state index in [2.05, 4.69) is 30.5 Å². The first-order chi connectivity index (χ1) is 11.8. The average Bonchev–Trinajstić information content (AvgIpc) is 2.66. The minimum Gasteiger partial charge on any atom is -0.365 e. The minimum absolute atomic E-state index is 0.601. The fourth-order valence-corrected chi connectivity index (χ4v) is 2.18. The van der Waals surface area contributed by atoms with Crippen LogP contribution in [0.3, 0.4) is 0 Å². The molecule has 0 aliphatic rings. The van der Waals surface area contributed by atoms with Gasteiger partial charge in [0.2, 0.25) is 5.95 Å². The van der Waals surface area contributed by atoms with Gasteiger partial charge in [-0.05, 0) is 41.8 Å². The topological polar surface area (TPSA) is 79.7 Å². The van der Waals surface area contributed by atoms with Crippen molar-refractivity contribution in [3.63, 3.8) is 0 Å². The van der Waals surface area contributed by atoms with Crippen LogP contribution in [-0.4, -0.2) is 38.7 Å². The van der Waals surface area contributed by atoms with E-state index in [1.165, 1.54) is 5.56 Å². The second-order valence-electron chi connectivity index (χ2n) is 5.38. The summed E-state index contributed by atoms with van der Waals surface area (Å²) in [6.45, 7) is 1.47. The zero-order valence-corrected chi connectivity index (χ0v) is 13.5. The molecular weight excluding hydrogens is 302 g/mol. The van der Waals surface area contributed by atoms with Crippen LogP contribution in [0.5, 0.6) is 0 Å². The maximum absolute atomic E-state index is 4.51. The van der Waals surface area contributed by atoms with Gasteiger partial charge in [0.1, 0.15) is 0 Å². The summed E-state index contributed by atoms with van der Waals surface area (Å²) < 4.78 is 0. The third-order valence-corrected chi connectivity index (χ3v) is 3.60. The molecule has 0 radical (unpaired) electrons. The largest absolute Gasteiger partial charge is 0.365 e. The summed E-state index contributed by atoms with van der Waals surface area (Å²) in [6.07, 6.45) is 9.67. The lowest BCUT2D eigenvalue weighted by molar-refractivity contribution is 0.810. The molecule has 0 amide bonds. The lowest BCUT2D eigenvalue weighted by Gasteiger charge is -2.17. The van der Waals surface area contributed by atoms with Gasteiger partial charge in [-0.15, -0.1) is 5.10 Å². The first kappa shape index (κ1) is 15.8. The monoisotopic (exact) mass is 321 g/mol. The summed E-state index contributed by atoms with van der Waals surface area (Å²) in [5.41, 5.74) is 2.37. The van der Waals surface area contributed by atoms with Crippen LogP contribution in [0.1, 0.15) is 11.1 Å². The maximum Gasteiger partial charge on any atom is 0.247 e. The van der Waals surface area contributed by atoms with Gasteiger partial charge in [0.05, 0.1) is 6.20 Å². The Balaban J connectivity index is 1.57. The Labute approximate surface area is 140 Å². The van der Waals surface area contributed by atoms with Crippen molar-refractivity contribution in [3.8, 4) is 0 Å². The van der Waals surface area contributed by atoms with Crippen molar-refractivity contribution in [3.05, 3.63) is 66.4 Å². The number of hydrogen-bond acceptors (Lipinski definition) is 7. The SMILES string of the molecule is CN(CCc1ccncc1)c1nncc(NCc2ccncc2)n1. The number of likely N-dealkylation sites (N-methyl/N-ethyl adjacent to an activating group) is 1. The van der Waals surface area contributed by atoms with E-state index in [4.69, 9.17) is 0 Å². The van der Waals surface area contributed by atoms with E-state index < -0.39 is 0 Å². The third kappa shape index (κ3) is 4.45. The molecule has 7 nitrogen and oxygen atoms in total. The highest BCUT2D eigenvalue weighted by Gasteiger charge is 2.07. The van der Waals surface area contributed by atoms with Gasteiger partial charge in [-0.2, -0.15) is 10.1 Å². The standard InChI is InChI=1S/C17H19N7/c1-24(11-6-14-2-7-18-8-3-14)17-22-16(13-21-23-17)20-12-15-4-9-19-10-5-15/h2-5,7-10,13H,6,11-12H2,1H3,(H,20,22,23). The van der Waals surface area contributed by atoms with Crippen LogP contribution in [0.2, 0.25) is 0 Å². The van der Waals surface area contributed by atoms with E-state index in [9.17, 15) is 0 Å². The molecule has 3 heterocycles. The number of pyridine rings is 2. The summed E-state index contributed by atoms with van der Waals surface area (Å²) in [6, 6.07) is 7.95. The van der Waals surface area contributed by atoms with E-state index in [-0.39, 0.29) is 0 Å². The van der Waals surface area contributed by atoms with Crippen LogP contribution in [0.4, 0.5) is 11.8 Å². The molecule has 0 fully saturated rings. The van der Waals surface area contributed by atoms with E-state index in [1.807, 2.05) is 36.2 Å². The van der Waals surface area contributed by atoms with Gasteiger partial charge in [-0.1, -0.05) is 0 Å². The van der Waals surface area contributed by atoms with Gasteiger partial charge in [-0.3, -0.25) is 9.97 Å². The van der Waals surface area contributed by atoms with E-state index in [1.54, 1.807) is 31.0 Å². The summed E-state index contributed by atoms with van der Waals surface area (Å²) in [4.78, 5) is 14.5. The van der Waals surface area contributed by atoms with Crippen molar-refractivity contribution in [1.29, 1.82) is 0 Å². The Kier molecular flexibility index (Phi) is 5.24. The highest BCUT2D eigenvalue weighted by molar-refractivity contribution is 5.39. The molecule has 3 aromatic rings. The lowest BCUT2D eigenvalue weighted by Crippen LogP contribution is -2.23. The van der Waals surface area contributed by atoms with Crippen LogP contribution in [-0.2, 0) is 13.0 Å². The maximum atomic E-state index is 4.51. The normalized spacial score (nSPS) is 10.4. The average molecular weight is 321 g/mol. The van der Waals surface area contributed by atoms with Gasteiger partial charge in [0.15, 0.2) is 5.82 Å². The number of anilines is 2. The van der Waals surface area contributed by atoms with Gasteiger partial charge in [0.25, 0.3) is 0 Å². The number of rotatable bonds is 7. The first-order valence-electron chi connectivity index (χ1n) is 7.74. The third-order valence-electron chi connectivity index (χ3n) is 3.60. The summed E-state index contributed by atoms with van der Waals surface area (Å²) in [7, 11) is 1.96. The molecule has 0 saturated heterocycles. The Hall–Kier alpha value is -3.09. The molecule has 0 unspecified atom stereocenters. The molecule has 0 aliphatic carbocycles. The molecule has 0 atom stereocenters. The molecule has 7 heteroatoms. The molecule has 1 N–H and O–H groups in total. The summed E-state index contributed by atoms with van der Waals surface area (Å²) >= 11 is 0. The zero-order valence-electron chi connectivity index (χ0n) is 13.5. The van der Waals surface area contributed by atoms with Crippen molar-refractivity contribution in [1.82, 2.24) is 25.1 Å². The van der Waals surface area contributed by atoms with Crippen molar-refractivity contribution in [2.45, 2.75) is 13.0 Å². The second kappa shape index (κ2) is 7.96. The van der Waals surface area contributed by atoms with Crippen LogP contribution < -0.4 is 10.2 Å². The van der Waals surface area contributed by atoms with Crippen molar-refractivity contribution in [2.24, 2.45) is 0 Å². The van der Waals surface area contributed by atoms with Crippen molar-refractivity contribution >= 4 is 11.8 Å². The number of nitrogens with zero attached hydrogens (tertiary/aromatic N) is 6. The Morgan fingerprint density at radius 1 is 0.958 bits per heavy atom. The molecule has 0 saturated carbocycles. The fourth-order valence-electron chi connectivity index (χ4n) is 2.18. The number of hydrogen-bond donors (Lipinski definition) is 1.